The van der Waals surface area contributed by atoms with Crippen LogP contribution in [0.15, 0.2) is 42.7 Å². The Labute approximate surface area is 129 Å². The maximum Gasteiger partial charge on any atom is 0.0470 e. The largest absolute Gasteiger partial charge is 0.350 e. The molecule has 2 nitrogen and oxygen atoms in total. The normalized spacial score (nSPS) is 11.2. The van der Waals surface area contributed by atoms with E-state index in [1.54, 1.807) is 0 Å². The molecular formula is C16H21IN2. The van der Waals surface area contributed by atoms with E-state index in [1.165, 1.54) is 14.7 Å². The van der Waals surface area contributed by atoms with Crippen molar-refractivity contribution in [2.24, 2.45) is 5.92 Å². The molecule has 0 bridgehead atoms. The molecule has 1 aromatic carbocycles. The number of rotatable bonds is 6. The van der Waals surface area contributed by atoms with Crippen molar-refractivity contribution in [3.8, 4) is 0 Å². The fraction of sp³-hybridized carbons (Fsp3) is 0.375. The number of halogens is 1. The summed E-state index contributed by atoms with van der Waals surface area (Å²) in [7, 11) is 0. The lowest BCUT2D eigenvalue weighted by atomic mass is 10.2. The first kappa shape index (κ1) is 14.6. The summed E-state index contributed by atoms with van der Waals surface area (Å²) >= 11 is 2.34. The zero-order chi connectivity index (χ0) is 13.7. The summed E-state index contributed by atoms with van der Waals surface area (Å²) in [6.45, 7) is 7.44. The molecule has 1 aromatic heterocycles. The average molecular weight is 368 g/mol. The molecule has 0 amide bonds. The van der Waals surface area contributed by atoms with Gasteiger partial charge >= 0.3 is 0 Å². The third-order valence-electron chi connectivity index (χ3n) is 2.97. The van der Waals surface area contributed by atoms with Crippen LogP contribution in [0.25, 0.3) is 0 Å². The minimum absolute atomic E-state index is 0.703. The Hall–Kier alpha value is -0.810. The Morgan fingerprint density at radius 1 is 1.11 bits per heavy atom. The fourth-order valence-electron chi connectivity index (χ4n) is 2.00. The van der Waals surface area contributed by atoms with Crippen molar-refractivity contribution in [3.05, 3.63) is 57.4 Å². The first-order valence-corrected chi connectivity index (χ1v) is 7.81. The van der Waals surface area contributed by atoms with Crippen molar-refractivity contribution in [1.29, 1.82) is 0 Å². The number of hydrogen-bond acceptors (Lipinski definition) is 1. The van der Waals surface area contributed by atoms with Crippen molar-refractivity contribution >= 4 is 22.6 Å². The van der Waals surface area contributed by atoms with Crippen LogP contribution in [0, 0.1) is 9.49 Å². The molecule has 0 saturated heterocycles. The predicted octanol–water partition coefficient (Wildman–Crippen LogP) is 3.89. The highest BCUT2D eigenvalue weighted by Gasteiger charge is 1.99. The van der Waals surface area contributed by atoms with E-state index in [2.05, 4.69) is 89.0 Å². The first-order valence-electron chi connectivity index (χ1n) is 6.73. The van der Waals surface area contributed by atoms with Crippen LogP contribution >= 0.6 is 22.6 Å². The topological polar surface area (TPSA) is 17.0 Å². The second-order valence-corrected chi connectivity index (χ2v) is 6.59. The third kappa shape index (κ3) is 4.99. The van der Waals surface area contributed by atoms with E-state index in [0.717, 1.165) is 19.6 Å². The zero-order valence-electron chi connectivity index (χ0n) is 11.6. The zero-order valence-corrected chi connectivity index (χ0v) is 13.7. The second-order valence-electron chi connectivity index (χ2n) is 5.34. The lowest BCUT2D eigenvalue weighted by molar-refractivity contribution is 0.552. The molecule has 1 N–H and O–H groups in total. The summed E-state index contributed by atoms with van der Waals surface area (Å²) < 4.78 is 3.53. The van der Waals surface area contributed by atoms with Crippen molar-refractivity contribution < 1.29 is 0 Å². The van der Waals surface area contributed by atoms with Gasteiger partial charge in [-0.25, -0.2) is 0 Å². The quantitative estimate of drug-likeness (QED) is 0.766. The van der Waals surface area contributed by atoms with E-state index < -0.39 is 0 Å². The Bertz CT molecular complexity index is 500. The summed E-state index contributed by atoms with van der Waals surface area (Å²) in [6, 6.07) is 10.9. The molecular weight excluding hydrogens is 347 g/mol. The van der Waals surface area contributed by atoms with Crippen molar-refractivity contribution in [3.63, 3.8) is 0 Å². The van der Waals surface area contributed by atoms with Gasteiger partial charge in [-0.3, -0.25) is 0 Å². The highest BCUT2D eigenvalue weighted by molar-refractivity contribution is 14.1. The van der Waals surface area contributed by atoms with Gasteiger partial charge < -0.3 is 9.88 Å². The smallest absolute Gasteiger partial charge is 0.0470 e. The Morgan fingerprint density at radius 2 is 1.84 bits per heavy atom. The lowest BCUT2D eigenvalue weighted by Gasteiger charge is -2.06. The van der Waals surface area contributed by atoms with Crippen LogP contribution in [0.3, 0.4) is 0 Å². The molecule has 0 aliphatic rings. The second kappa shape index (κ2) is 7.10. The molecule has 0 aliphatic carbocycles. The molecule has 3 heteroatoms. The van der Waals surface area contributed by atoms with E-state index in [0.29, 0.717) is 5.92 Å². The van der Waals surface area contributed by atoms with Crippen LogP contribution in [-0.4, -0.2) is 11.1 Å². The van der Waals surface area contributed by atoms with Gasteiger partial charge in [0.15, 0.2) is 0 Å². The third-order valence-corrected chi connectivity index (χ3v) is 3.69. The van der Waals surface area contributed by atoms with Crippen LogP contribution in [-0.2, 0) is 13.1 Å². The van der Waals surface area contributed by atoms with Gasteiger partial charge in [-0.1, -0.05) is 26.0 Å². The summed E-state index contributed by atoms with van der Waals surface area (Å²) in [4.78, 5) is 0. The van der Waals surface area contributed by atoms with Crippen molar-refractivity contribution in [2.45, 2.75) is 26.9 Å². The number of hydrogen-bond donors (Lipinski definition) is 1. The Kier molecular flexibility index (Phi) is 5.45. The van der Waals surface area contributed by atoms with Gasteiger partial charge in [0.1, 0.15) is 0 Å². The Morgan fingerprint density at radius 3 is 2.53 bits per heavy atom. The predicted molar refractivity (Wildman–Crippen MR) is 89.2 cm³/mol. The molecule has 1 heterocycles. The van der Waals surface area contributed by atoms with Crippen LogP contribution in [0.2, 0.25) is 0 Å². The summed E-state index contributed by atoms with van der Waals surface area (Å²) in [5.41, 5.74) is 2.70. The van der Waals surface area contributed by atoms with Gasteiger partial charge in [0.05, 0.1) is 0 Å². The molecule has 0 saturated carbocycles. The SMILES string of the molecule is CC(C)CNCc1ccn(Cc2ccc(I)cc2)c1. The summed E-state index contributed by atoms with van der Waals surface area (Å²) in [6.07, 6.45) is 4.38. The standard InChI is InChI=1S/C16H21IN2/c1-13(2)9-18-10-15-7-8-19(12-15)11-14-3-5-16(17)6-4-14/h3-8,12-13,18H,9-11H2,1-2H3. The minimum atomic E-state index is 0.703. The van der Waals surface area contributed by atoms with Crippen LogP contribution in [0.5, 0.6) is 0 Å². The molecule has 0 radical (unpaired) electrons. The molecule has 0 fully saturated rings. The van der Waals surface area contributed by atoms with E-state index in [9.17, 15) is 0 Å². The van der Waals surface area contributed by atoms with Gasteiger partial charge in [0, 0.05) is 29.1 Å². The highest BCUT2D eigenvalue weighted by atomic mass is 127. The molecule has 0 unspecified atom stereocenters. The number of nitrogens with one attached hydrogen (secondary N) is 1. The van der Waals surface area contributed by atoms with Crippen molar-refractivity contribution in [2.75, 3.05) is 6.54 Å². The van der Waals surface area contributed by atoms with E-state index in [-0.39, 0.29) is 0 Å². The molecule has 102 valence electrons. The fourth-order valence-corrected chi connectivity index (χ4v) is 2.36. The Balaban J connectivity index is 1.88. The monoisotopic (exact) mass is 368 g/mol. The molecule has 19 heavy (non-hydrogen) atoms. The number of aromatic nitrogens is 1. The van der Waals surface area contributed by atoms with Gasteiger partial charge in [-0.2, -0.15) is 0 Å². The first-order chi connectivity index (χ1) is 9.13. The van der Waals surface area contributed by atoms with E-state index >= 15 is 0 Å². The summed E-state index contributed by atoms with van der Waals surface area (Å²) in [5, 5.41) is 3.47. The lowest BCUT2D eigenvalue weighted by Crippen LogP contribution is -2.18. The van der Waals surface area contributed by atoms with E-state index in [1.807, 2.05) is 0 Å². The molecule has 0 atom stereocenters. The van der Waals surface area contributed by atoms with Gasteiger partial charge in [0.25, 0.3) is 0 Å². The molecule has 0 aliphatic heterocycles. The van der Waals surface area contributed by atoms with Gasteiger partial charge in [0.2, 0.25) is 0 Å². The minimum Gasteiger partial charge on any atom is -0.350 e. The van der Waals surface area contributed by atoms with Crippen LogP contribution < -0.4 is 5.32 Å². The number of benzene rings is 1. The molecule has 2 rings (SSSR count). The average Bonchev–Trinajstić information content (AvgIpc) is 2.79. The summed E-state index contributed by atoms with van der Waals surface area (Å²) in [5.74, 6) is 0.703. The number of nitrogens with zero attached hydrogens (tertiary/aromatic N) is 1. The van der Waals surface area contributed by atoms with Crippen LogP contribution in [0.1, 0.15) is 25.0 Å². The maximum atomic E-state index is 3.47. The van der Waals surface area contributed by atoms with Crippen LogP contribution in [0.4, 0.5) is 0 Å². The van der Waals surface area contributed by atoms with E-state index in [4.69, 9.17) is 0 Å². The van der Waals surface area contributed by atoms with Gasteiger partial charge in [-0.15, -0.1) is 0 Å². The van der Waals surface area contributed by atoms with Crippen molar-refractivity contribution in [1.82, 2.24) is 9.88 Å². The molecule has 2 aromatic rings. The maximum absolute atomic E-state index is 3.47. The van der Waals surface area contributed by atoms with Gasteiger partial charge in [-0.05, 0) is 64.4 Å². The molecule has 0 spiro atoms. The highest BCUT2D eigenvalue weighted by Crippen LogP contribution is 2.10.